The minimum Gasteiger partial charge on any atom is -0.468 e. The van der Waals surface area contributed by atoms with E-state index in [0.29, 0.717) is 31.0 Å². The van der Waals surface area contributed by atoms with Crippen molar-refractivity contribution < 1.29 is 19.1 Å². The number of piperazine rings is 1. The summed E-state index contributed by atoms with van der Waals surface area (Å²) in [6.07, 6.45) is 0.496. The molecule has 3 rings (SSSR count). The van der Waals surface area contributed by atoms with Gasteiger partial charge in [0.15, 0.2) is 0 Å². The van der Waals surface area contributed by atoms with Crippen molar-refractivity contribution in [2.24, 2.45) is 5.73 Å². The number of nitrogens with one attached hydrogen (secondary N) is 1. The minimum atomic E-state index is -0.564. The van der Waals surface area contributed by atoms with Crippen molar-refractivity contribution in [3.63, 3.8) is 0 Å². The monoisotopic (exact) mass is 515 g/mol. The second kappa shape index (κ2) is 15.0. The molecule has 0 aliphatic carbocycles. The largest absolute Gasteiger partial charge is 0.468 e. The van der Waals surface area contributed by atoms with Gasteiger partial charge in [0.25, 0.3) is 0 Å². The van der Waals surface area contributed by atoms with Crippen LogP contribution >= 0.6 is 36.6 Å². The topological polar surface area (TPSA) is 93.9 Å². The lowest BCUT2D eigenvalue weighted by molar-refractivity contribution is -0.140. The predicted molar refractivity (Wildman–Crippen MR) is 137 cm³/mol. The summed E-state index contributed by atoms with van der Waals surface area (Å²) in [5.41, 5.74) is 6.94. The molecule has 1 amide bonds. The number of amides is 1. The average Bonchev–Trinajstić information content (AvgIpc) is 2.82. The number of halogens is 2. The Hall–Kier alpha value is -1.97. The molecular formula is C23H31Cl2N3O4S. The molecule has 0 saturated carbocycles. The third kappa shape index (κ3) is 8.72. The fourth-order valence-corrected chi connectivity index (χ4v) is 4.51. The predicted octanol–water partition coefficient (Wildman–Crippen LogP) is 3.42. The van der Waals surface area contributed by atoms with Gasteiger partial charge in [-0.3, -0.25) is 9.59 Å². The molecule has 2 aromatic rings. The Morgan fingerprint density at radius 1 is 1.03 bits per heavy atom. The quantitative estimate of drug-likeness (QED) is 0.494. The summed E-state index contributed by atoms with van der Waals surface area (Å²) in [6, 6.07) is 16.3. The number of thioether (sulfide) groups is 1. The van der Waals surface area contributed by atoms with Crippen molar-refractivity contribution in [2.45, 2.75) is 17.7 Å². The summed E-state index contributed by atoms with van der Waals surface area (Å²) >= 11 is 1.43. The number of nitrogens with two attached hydrogens (primary N) is 1. The van der Waals surface area contributed by atoms with E-state index in [1.807, 2.05) is 54.6 Å². The molecule has 3 N–H and O–H groups in total. The van der Waals surface area contributed by atoms with E-state index in [4.69, 9.17) is 15.2 Å². The van der Waals surface area contributed by atoms with Gasteiger partial charge in [0.1, 0.15) is 16.7 Å². The SMILES string of the molecule is COC(=O)[C@H](SCC[C@H](N)C(=O)N1CCNCC1)c1ccc(Oc2ccccc2)cc1.Cl.Cl. The average molecular weight is 516 g/mol. The first-order valence-electron chi connectivity index (χ1n) is 10.4. The maximum atomic E-state index is 12.5. The molecule has 1 saturated heterocycles. The molecule has 10 heteroatoms. The van der Waals surface area contributed by atoms with Crippen LogP contribution < -0.4 is 15.8 Å². The number of ether oxygens (including phenoxy) is 2. The molecular weight excluding hydrogens is 485 g/mol. The normalized spacial score (nSPS) is 14.8. The van der Waals surface area contributed by atoms with Crippen LogP contribution in [0, 0.1) is 0 Å². The first-order valence-corrected chi connectivity index (χ1v) is 11.4. The number of para-hydroxylation sites is 1. The second-order valence-electron chi connectivity index (χ2n) is 7.23. The standard InChI is InChI=1S/C23H29N3O4S.2ClH/c1-29-23(28)21(31-16-11-20(24)22(27)26-14-12-25-13-15-26)17-7-9-19(10-8-17)30-18-5-3-2-4-6-18;;/h2-10,20-21,25H,11-16,24H2,1H3;2*1H/t20-,21+;;/m0../s1. The van der Waals surface area contributed by atoms with Crippen LogP contribution in [0.4, 0.5) is 0 Å². The molecule has 182 valence electrons. The lowest BCUT2D eigenvalue weighted by Gasteiger charge is -2.29. The van der Waals surface area contributed by atoms with Gasteiger partial charge >= 0.3 is 5.97 Å². The van der Waals surface area contributed by atoms with Gasteiger partial charge in [0, 0.05) is 26.2 Å². The highest BCUT2D eigenvalue weighted by atomic mass is 35.5. The smallest absolute Gasteiger partial charge is 0.323 e. The van der Waals surface area contributed by atoms with Crippen LogP contribution in [0.5, 0.6) is 11.5 Å². The van der Waals surface area contributed by atoms with Gasteiger partial charge in [-0.2, -0.15) is 0 Å². The number of esters is 1. The number of methoxy groups -OCH3 is 1. The molecule has 1 heterocycles. The molecule has 1 aliphatic heterocycles. The summed E-state index contributed by atoms with van der Waals surface area (Å²) < 4.78 is 10.8. The molecule has 33 heavy (non-hydrogen) atoms. The maximum absolute atomic E-state index is 12.5. The number of rotatable bonds is 9. The Labute approximate surface area is 211 Å². The molecule has 0 bridgehead atoms. The van der Waals surface area contributed by atoms with E-state index in [0.717, 1.165) is 24.4 Å². The molecule has 0 spiro atoms. The summed E-state index contributed by atoms with van der Waals surface area (Å²) in [4.78, 5) is 26.6. The van der Waals surface area contributed by atoms with Crippen LogP contribution in [0.15, 0.2) is 54.6 Å². The number of hydrogen-bond donors (Lipinski definition) is 2. The van der Waals surface area contributed by atoms with E-state index in [1.165, 1.54) is 18.9 Å². The Bertz CT molecular complexity index is 853. The zero-order valence-corrected chi connectivity index (χ0v) is 20.9. The number of nitrogens with zero attached hydrogens (tertiary/aromatic N) is 1. The van der Waals surface area contributed by atoms with Crippen molar-refractivity contribution in [3.8, 4) is 11.5 Å². The molecule has 1 aliphatic rings. The third-order valence-corrected chi connectivity index (χ3v) is 6.31. The Morgan fingerprint density at radius 2 is 1.64 bits per heavy atom. The van der Waals surface area contributed by atoms with Crippen molar-refractivity contribution in [1.29, 1.82) is 0 Å². The zero-order chi connectivity index (χ0) is 22.1. The van der Waals surface area contributed by atoms with E-state index in [2.05, 4.69) is 5.32 Å². The van der Waals surface area contributed by atoms with E-state index < -0.39 is 11.3 Å². The van der Waals surface area contributed by atoms with Crippen molar-refractivity contribution >= 4 is 48.5 Å². The first kappa shape index (κ1) is 29.1. The fourth-order valence-electron chi connectivity index (χ4n) is 3.30. The van der Waals surface area contributed by atoms with Crippen LogP contribution in [0.1, 0.15) is 17.2 Å². The summed E-state index contributed by atoms with van der Waals surface area (Å²) in [6.45, 7) is 2.95. The van der Waals surface area contributed by atoms with E-state index in [9.17, 15) is 9.59 Å². The first-order chi connectivity index (χ1) is 15.1. The van der Waals surface area contributed by atoms with Gasteiger partial charge < -0.3 is 25.4 Å². The molecule has 0 radical (unpaired) electrons. The molecule has 0 aromatic heterocycles. The molecule has 7 nitrogen and oxygen atoms in total. The number of benzene rings is 2. The van der Waals surface area contributed by atoms with E-state index >= 15 is 0 Å². The van der Waals surface area contributed by atoms with Crippen molar-refractivity contribution in [1.82, 2.24) is 10.2 Å². The number of hydrogen-bond acceptors (Lipinski definition) is 7. The lowest BCUT2D eigenvalue weighted by Crippen LogP contribution is -2.52. The highest BCUT2D eigenvalue weighted by Crippen LogP contribution is 2.32. The highest BCUT2D eigenvalue weighted by molar-refractivity contribution is 8.00. The fraction of sp³-hybridized carbons (Fsp3) is 0.391. The maximum Gasteiger partial charge on any atom is 0.323 e. The Morgan fingerprint density at radius 3 is 2.24 bits per heavy atom. The van der Waals surface area contributed by atoms with Gasteiger partial charge in [-0.15, -0.1) is 36.6 Å². The van der Waals surface area contributed by atoms with Crippen molar-refractivity contribution in [3.05, 3.63) is 60.2 Å². The highest BCUT2D eigenvalue weighted by Gasteiger charge is 2.25. The van der Waals surface area contributed by atoms with Crippen LogP contribution in [0.3, 0.4) is 0 Å². The van der Waals surface area contributed by atoms with Crippen LogP contribution in [0.2, 0.25) is 0 Å². The van der Waals surface area contributed by atoms with Gasteiger partial charge in [-0.05, 0) is 42.0 Å². The Kier molecular flexibility index (Phi) is 13.2. The van der Waals surface area contributed by atoms with Crippen LogP contribution in [0.25, 0.3) is 0 Å². The lowest BCUT2D eigenvalue weighted by atomic mass is 10.1. The van der Waals surface area contributed by atoms with Gasteiger partial charge in [0.05, 0.1) is 13.2 Å². The van der Waals surface area contributed by atoms with Gasteiger partial charge in [-0.1, -0.05) is 30.3 Å². The molecule has 2 aromatic carbocycles. The Balaban J connectivity index is 0.00000272. The summed E-state index contributed by atoms with van der Waals surface area (Å²) in [7, 11) is 1.38. The zero-order valence-electron chi connectivity index (χ0n) is 18.5. The minimum absolute atomic E-state index is 0. The van der Waals surface area contributed by atoms with Crippen LogP contribution in [-0.4, -0.2) is 61.9 Å². The van der Waals surface area contributed by atoms with Crippen molar-refractivity contribution in [2.75, 3.05) is 39.0 Å². The van der Waals surface area contributed by atoms with Gasteiger partial charge in [0.2, 0.25) is 5.91 Å². The number of carbonyl (C=O) groups excluding carboxylic acids is 2. The summed E-state index contributed by atoms with van der Waals surface area (Å²) in [5, 5.41) is 2.73. The summed E-state index contributed by atoms with van der Waals surface area (Å²) in [5.74, 6) is 1.65. The third-order valence-electron chi connectivity index (χ3n) is 5.04. The second-order valence-corrected chi connectivity index (χ2v) is 8.44. The van der Waals surface area contributed by atoms with Crippen LogP contribution in [-0.2, 0) is 14.3 Å². The van der Waals surface area contributed by atoms with E-state index in [1.54, 1.807) is 4.90 Å². The van der Waals surface area contributed by atoms with E-state index in [-0.39, 0.29) is 36.7 Å². The molecule has 0 unspecified atom stereocenters. The molecule has 1 fully saturated rings. The van der Waals surface area contributed by atoms with Gasteiger partial charge in [-0.25, -0.2) is 0 Å². The molecule has 2 atom stereocenters. The number of carbonyl (C=O) groups is 2.